The van der Waals surface area contributed by atoms with Crippen LogP contribution in [0.25, 0.3) is 0 Å². The van der Waals surface area contributed by atoms with Crippen LogP contribution in [-0.4, -0.2) is 53.4 Å². The van der Waals surface area contributed by atoms with Gasteiger partial charge in [-0.05, 0) is 23.1 Å². The maximum Gasteiger partial charge on any atom is 0.409 e. The number of thiophene rings is 1. The standard InChI is InChI=1S/C22H30N2O2S2/c1-22(2,3)28-20-9-5-4-7-18(20)17-23-11-13-24(14-12-23)21(25)26-15-10-19-8-6-16-27-19/h4-9,16H,10-15,17H2,1-3H3. The molecule has 1 saturated heterocycles. The van der Waals surface area contributed by atoms with Crippen LogP contribution in [-0.2, 0) is 17.7 Å². The van der Waals surface area contributed by atoms with Crippen molar-refractivity contribution in [2.24, 2.45) is 0 Å². The lowest BCUT2D eigenvalue weighted by atomic mass is 10.2. The molecule has 1 aliphatic rings. The van der Waals surface area contributed by atoms with Gasteiger partial charge < -0.3 is 9.64 Å². The number of ether oxygens (including phenoxy) is 1. The highest BCUT2D eigenvalue weighted by molar-refractivity contribution is 8.00. The highest BCUT2D eigenvalue weighted by Crippen LogP contribution is 2.34. The molecule has 0 radical (unpaired) electrons. The Kier molecular flexibility index (Phi) is 7.43. The summed E-state index contributed by atoms with van der Waals surface area (Å²) in [6, 6.07) is 12.8. The van der Waals surface area contributed by atoms with Crippen molar-refractivity contribution in [3.8, 4) is 0 Å². The number of piperazine rings is 1. The van der Waals surface area contributed by atoms with Crippen LogP contribution >= 0.6 is 23.1 Å². The van der Waals surface area contributed by atoms with E-state index < -0.39 is 0 Å². The highest BCUT2D eigenvalue weighted by Gasteiger charge is 2.23. The Hall–Kier alpha value is -1.50. The summed E-state index contributed by atoms with van der Waals surface area (Å²) in [5.74, 6) is 0. The molecule has 1 aromatic heterocycles. The summed E-state index contributed by atoms with van der Waals surface area (Å²) in [5, 5.41) is 2.05. The first-order chi connectivity index (χ1) is 13.4. The Bertz CT molecular complexity index is 748. The summed E-state index contributed by atoms with van der Waals surface area (Å²) in [6.07, 6.45) is 0.617. The molecule has 4 nitrogen and oxygen atoms in total. The zero-order valence-corrected chi connectivity index (χ0v) is 18.7. The Morgan fingerprint density at radius 1 is 1.11 bits per heavy atom. The number of nitrogens with zero attached hydrogens (tertiary/aromatic N) is 2. The fraction of sp³-hybridized carbons (Fsp3) is 0.500. The van der Waals surface area contributed by atoms with Gasteiger partial charge in [0.25, 0.3) is 0 Å². The van der Waals surface area contributed by atoms with Crippen molar-refractivity contribution in [1.29, 1.82) is 0 Å². The van der Waals surface area contributed by atoms with Crippen LogP contribution in [0.1, 0.15) is 31.2 Å². The summed E-state index contributed by atoms with van der Waals surface area (Å²) in [6.45, 7) is 11.4. The van der Waals surface area contributed by atoms with Gasteiger partial charge in [0, 0.05) is 53.7 Å². The van der Waals surface area contributed by atoms with Crippen LogP contribution in [0.5, 0.6) is 0 Å². The Labute approximate surface area is 176 Å². The summed E-state index contributed by atoms with van der Waals surface area (Å²) in [4.78, 5) is 19.2. The summed E-state index contributed by atoms with van der Waals surface area (Å²) >= 11 is 3.62. The first kappa shape index (κ1) is 21.2. The second kappa shape index (κ2) is 9.81. The van der Waals surface area contributed by atoms with Crippen LogP contribution in [0.3, 0.4) is 0 Å². The zero-order valence-electron chi connectivity index (χ0n) is 17.0. The van der Waals surface area contributed by atoms with E-state index in [1.807, 2.05) is 22.7 Å². The van der Waals surface area contributed by atoms with Gasteiger partial charge in [0.15, 0.2) is 0 Å². The number of amides is 1. The molecule has 1 aliphatic heterocycles. The quantitative estimate of drug-likeness (QED) is 0.609. The summed E-state index contributed by atoms with van der Waals surface area (Å²) < 4.78 is 5.65. The van der Waals surface area contributed by atoms with E-state index in [4.69, 9.17) is 4.74 Å². The van der Waals surface area contributed by atoms with Crippen LogP contribution in [0.4, 0.5) is 4.79 Å². The van der Waals surface area contributed by atoms with Crippen molar-refractivity contribution in [1.82, 2.24) is 9.80 Å². The van der Waals surface area contributed by atoms with E-state index in [1.165, 1.54) is 15.3 Å². The lowest BCUT2D eigenvalue weighted by Gasteiger charge is -2.34. The van der Waals surface area contributed by atoms with Gasteiger partial charge in [-0.2, -0.15) is 0 Å². The number of thioether (sulfide) groups is 1. The van der Waals surface area contributed by atoms with Crippen molar-refractivity contribution < 1.29 is 9.53 Å². The molecule has 152 valence electrons. The molecule has 0 spiro atoms. The number of hydrogen-bond donors (Lipinski definition) is 0. The van der Waals surface area contributed by atoms with Crippen molar-refractivity contribution >= 4 is 29.2 Å². The molecule has 2 aromatic rings. The molecule has 6 heteroatoms. The monoisotopic (exact) mass is 418 g/mol. The Balaban J connectivity index is 1.45. The molecule has 28 heavy (non-hydrogen) atoms. The van der Waals surface area contributed by atoms with Gasteiger partial charge in [-0.1, -0.05) is 45.0 Å². The third kappa shape index (κ3) is 6.54. The molecule has 3 rings (SSSR count). The predicted molar refractivity (Wildman–Crippen MR) is 118 cm³/mol. The topological polar surface area (TPSA) is 32.8 Å². The predicted octanol–water partition coefficient (Wildman–Crippen LogP) is 5.14. The van der Waals surface area contributed by atoms with Gasteiger partial charge >= 0.3 is 6.09 Å². The third-order valence-corrected chi connectivity index (χ3v) is 6.73. The van der Waals surface area contributed by atoms with Crippen molar-refractivity contribution in [2.45, 2.75) is 43.4 Å². The average molecular weight is 419 g/mol. The molecular formula is C22H30N2O2S2. The van der Waals surface area contributed by atoms with Gasteiger partial charge in [-0.25, -0.2) is 4.79 Å². The molecule has 2 heterocycles. The maximum absolute atomic E-state index is 12.3. The molecule has 0 atom stereocenters. The van der Waals surface area contributed by atoms with Gasteiger partial charge in [-0.15, -0.1) is 23.1 Å². The largest absolute Gasteiger partial charge is 0.449 e. The molecule has 0 aliphatic carbocycles. The highest BCUT2D eigenvalue weighted by atomic mass is 32.2. The Morgan fingerprint density at radius 3 is 2.54 bits per heavy atom. The minimum atomic E-state index is -0.181. The molecule has 0 N–H and O–H groups in total. The van der Waals surface area contributed by atoms with E-state index in [9.17, 15) is 4.79 Å². The molecule has 1 amide bonds. The van der Waals surface area contributed by atoms with Gasteiger partial charge in [0.1, 0.15) is 0 Å². The maximum atomic E-state index is 12.3. The summed E-state index contributed by atoms with van der Waals surface area (Å²) in [7, 11) is 0. The van der Waals surface area contributed by atoms with Crippen LogP contribution in [0.2, 0.25) is 0 Å². The second-order valence-corrected chi connectivity index (χ2v) is 10.9. The van der Waals surface area contributed by atoms with E-state index in [0.29, 0.717) is 6.61 Å². The zero-order chi connectivity index (χ0) is 20.0. The van der Waals surface area contributed by atoms with Gasteiger partial charge in [0.05, 0.1) is 6.61 Å². The number of rotatable bonds is 6. The lowest BCUT2D eigenvalue weighted by Crippen LogP contribution is -2.48. The molecule has 0 unspecified atom stereocenters. The van der Waals surface area contributed by atoms with E-state index in [1.54, 1.807) is 11.3 Å². The van der Waals surface area contributed by atoms with Crippen molar-refractivity contribution in [2.75, 3.05) is 32.8 Å². The molecule has 1 fully saturated rings. The van der Waals surface area contributed by atoms with Crippen LogP contribution in [0, 0.1) is 0 Å². The van der Waals surface area contributed by atoms with E-state index in [2.05, 4.69) is 61.4 Å². The first-order valence-electron chi connectivity index (χ1n) is 9.84. The smallest absolute Gasteiger partial charge is 0.409 e. The number of carbonyl (C=O) groups excluding carboxylic acids is 1. The lowest BCUT2D eigenvalue weighted by molar-refractivity contribution is 0.0752. The fourth-order valence-corrected chi connectivity index (χ4v) is 4.94. The number of benzene rings is 1. The molecule has 0 bridgehead atoms. The van der Waals surface area contributed by atoms with Crippen LogP contribution < -0.4 is 0 Å². The number of carbonyl (C=O) groups is 1. The number of hydrogen-bond acceptors (Lipinski definition) is 5. The van der Waals surface area contributed by atoms with E-state index >= 15 is 0 Å². The third-order valence-electron chi connectivity index (χ3n) is 4.57. The van der Waals surface area contributed by atoms with Gasteiger partial charge in [0.2, 0.25) is 0 Å². The van der Waals surface area contributed by atoms with Crippen molar-refractivity contribution in [3.05, 3.63) is 52.2 Å². The average Bonchev–Trinajstić information content (AvgIpc) is 3.16. The molecule has 1 aromatic carbocycles. The van der Waals surface area contributed by atoms with Crippen molar-refractivity contribution in [3.63, 3.8) is 0 Å². The SMILES string of the molecule is CC(C)(C)Sc1ccccc1CN1CCN(C(=O)OCCc2cccs2)CC1. The first-order valence-corrected chi connectivity index (χ1v) is 11.5. The molecular weight excluding hydrogens is 388 g/mol. The van der Waals surface area contributed by atoms with Gasteiger partial charge in [-0.3, -0.25) is 4.90 Å². The minimum absolute atomic E-state index is 0.181. The normalized spacial score (nSPS) is 15.6. The molecule has 0 saturated carbocycles. The summed E-state index contributed by atoms with van der Waals surface area (Å²) in [5.41, 5.74) is 1.37. The van der Waals surface area contributed by atoms with E-state index in [-0.39, 0.29) is 10.8 Å². The van der Waals surface area contributed by atoms with Crippen LogP contribution in [0.15, 0.2) is 46.7 Å². The fourth-order valence-electron chi connectivity index (χ4n) is 3.18. The second-order valence-electron chi connectivity index (χ2n) is 8.03. The Morgan fingerprint density at radius 2 is 1.86 bits per heavy atom. The minimum Gasteiger partial charge on any atom is -0.449 e. The van der Waals surface area contributed by atoms with E-state index in [0.717, 1.165) is 39.1 Å².